The second-order valence-electron chi connectivity index (χ2n) is 23.8. The molecule has 3 aliphatic rings. The van der Waals surface area contributed by atoms with Crippen LogP contribution in [0.25, 0.3) is 11.0 Å². The number of nitro groups is 1. The summed E-state index contributed by atoms with van der Waals surface area (Å²) in [6.45, 7) is -2.25. The zero-order valence-corrected chi connectivity index (χ0v) is 61.3. The van der Waals surface area contributed by atoms with Crippen LogP contribution in [0, 0.1) is 10.1 Å². The van der Waals surface area contributed by atoms with E-state index in [0.717, 1.165) is 5.52 Å². The van der Waals surface area contributed by atoms with Gasteiger partial charge in [-0.15, -0.1) is 0 Å². The topological polar surface area (TPSA) is 322 Å². The zero-order chi connectivity index (χ0) is 88.9. The number of nitrogen functional groups attached to an aromatic ring is 1. The van der Waals surface area contributed by atoms with Gasteiger partial charge in [-0.25, -0.2) is 55.4 Å². The molecule has 6 amide bonds. The molecular formula is C76H79F6N15O16. The second-order valence-corrected chi connectivity index (χ2v) is 23.8. The van der Waals surface area contributed by atoms with E-state index in [2.05, 4.69) is 30.6 Å². The third-order valence-electron chi connectivity index (χ3n) is 17.1. The number of nitro benzene ring substituents is 1. The lowest BCUT2D eigenvalue weighted by Crippen LogP contribution is -2.45. The van der Waals surface area contributed by atoms with E-state index in [9.17, 15) is 50.8 Å². The molecule has 113 heavy (non-hydrogen) atoms. The number of urea groups is 3. The summed E-state index contributed by atoms with van der Waals surface area (Å²) in [4.78, 5) is 77.8. The molecule has 7 heterocycles. The van der Waals surface area contributed by atoms with E-state index in [1.807, 2.05) is 6.07 Å². The molecule has 0 atom stereocenters. The molecule has 0 aliphatic carbocycles. The number of amides is 6. The number of nitrogens with one attached hydrogen (secondary N) is 2. The molecule has 596 valence electrons. The van der Waals surface area contributed by atoms with Crippen LogP contribution in [0.2, 0.25) is 0 Å². The van der Waals surface area contributed by atoms with E-state index in [4.69, 9.17) is 70.2 Å². The van der Waals surface area contributed by atoms with Gasteiger partial charge in [-0.3, -0.25) is 29.4 Å². The van der Waals surface area contributed by atoms with Crippen molar-refractivity contribution in [2.45, 2.75) is 45.1 Å². The number of anilines is 12. The van der Waals surface area contributed by atoms with Crippen molar-refractivity contribution in [3.63, 3.8) is 0 Å². The summed E-state index contributed by atoms with van der Waals surface area (Å²) in [7, 11) is 4.30. The smallest absolute Gasteiger partial charge is 0.411 e. The van der Waals surface area contributed by atoms with Gasteiger partial charge in [0.25, 0.3) is 31.0 Å². The Labute approximate surface area is 656 Å². The van der Waals surface area contributed by atoms with E-state index in [1.54, 1.807) is 67.2 Å². The van der Waals surface area contributed by atoms with Crippen LogP contribution in [-0.2, 0) is 45.6 Å². The van der Waals surface area contributed by atoms with Gasteiger partial charge in [-0.1, -0.05) is 0 Å². The SMILES string of the molecule is COC(OC)(OC)OC.[2H]C([2H])([2H])Oc1ccc(N2C(=O)N(c3ccc(N)c(NC)c3)Cc3ccc(OCC(F)F)nc32)cc1.[2H]C([2H])([2H])Oc1ccc(N2C(=O)N(c3ccc([N+](=O)[O-])c(NC)c3)Cc3ccc(OCC(F)F)nc32)cc1.[2H]C([2H])([2H])Oc1ccc(N2C(=O)N(c3ccc4nc(OC)n(C)c4c3)Cc3ccc(OCC(F)F)nc32)cc1. The number of rotatable bonds is 26. The van der Waals surface area contributed by atoms with Crippen molar-refractivity contribution in [1.29, 1.82) is 0 Å². The fraction of sp³-hybridized carbons (Fsp3) is 0.276. The molecule has 4 aromatic heterocycles. The Kier molecular flexibility index (Phi) is 23.0. The highest BCUT2D eigenvalue weighted by molar-refractivity contribution is 6.13. The maximum Gasteiger partial charge on any atom is 0.411 e. The molecule has 6 aromatic carbocycles. The molecule has 0 saturated heterocycles. The lowest BCUT2D eigenvalue weighted by atomic mass is 10.1. The number of nitrogens with zero attached hydrogens (tertiary/aromatic N) is 12. The summed E-state index contributed by atoms with van der Waals surface area (Å²) < 4.78 is 197. The summed E-state index contributed by atoms with van der Waals surface area (Å²) in [6.07, 6.45) is -9.44. The van der Waals surface area contributed by atoms with Gasteiger partial charge in [0.05, 0.1) is 105 Å². The molecule has 10 aromatic rings. The molecule has 0 spiro atoms. The van der Waals surface area contributed by atoms with Crippen LogP contribution in [0.3, 0.4) is 0 Å². The zero-order valence-electron chi connectivity index (χ0n) is 70.3. The van der Waals surface area contributed by atoms with Gasteiger partial charge >= 0.3 is 24.3 Å². The van der Waals surface area contributed by atoms with Crippen LogP contribution in [-0.4, -0.2) is 164 Å². The molecule has 0 fully saturated rings. The molecule has 37 heteroatoms. The number of carbonyl (C=O) groups is 3. The standard InChI is InChI=1S/C25H23F2N5O4.C23H21F2N5O5.C23H23F2N5O3.C5H12O4/c1-30-20-12-17(7-10-19(20)28-24(30)35-3)31-13-15-4-11-22(36-14-21(26)27)29-23(15)32(25(31)33)16-5-8-18(34-2)9-6-16;1-26-18-11-16(6-9-19(18)30(32)33)28-12-14-3-10-21(35-13-20(24)25)27-22(14)29(23(28)31)15-4-7-17(34-2)8-5-15;1-27-19-11-16(6-9-18(19)26)29-12-14-3-10-21(33-13-20(24)25)28-22(14)30(23(29)31)15-4-7-17(32-2)8-5-15;1-6-5(7-2,8-3)9-4/h4-12,21H,13-14H2,1-3H3;3-11,20,26H,12-13H2,1-2H3;3-11,20,27H,12-13,26H2,1-2H3;1-4H3/i3*2D3;. The van der Waals surface area contributed by atoms with Crippen molar-refractivity contribution >= 4 is 103 Å². The van der Waals surface area contributed by atoms with Crippen molar-refractivity contribution in [2.75, 3.05) is 136 Å². The minimum absolute atomic E-state index is 0.0218. The Hall–Kier alpha value is -13.1. The van der Waals surface area contributed by atoms with Crippen LogP contribution in [0.15, 0.2) is 164 Å². The molecule has 13 rings (SSSR count). The highest BCUT2D eigenvalue weighted by Crippen LogP contribution is 2.43. The summed E-state index contributed by atoms with van der Waals surface area (Å²) >= 11 is 0. The van der Waals surface area contributed by atoms with Crippen molar-refractivity contribution in [1.82, 2.24) is 24.5 Å². The number of carbonyl (C=O) groups excluding carboxylic acids is 3. The first-order valence-corrected chi connectivity index (χ1v) is 33.5. The van der Waals surface area contributed by atoms with Crippen molar-refractivity contribution in [3.8, 4) is 40.9 Å². The van der Waals surface area contributed by atoms with Crippen molar-refractivity contribution in [2.24, 2.45) is 7.05 Å². The van der Waals surface area contributed by atoms with Gasteiger partial charge in [0.2, 0.25) is 17.6 Å². The summed E-state index contributed by atoms with van der Waals surface area (Å²) in [5.41, 5.74) is 12.8. The van der Waals surface area contributed by atoms with E-state index in [0.29, 0.717) is 68.0 Å². The molecule has 31 nitrogen and oxygen atoms in total. The van der Waals surface area contributed by atoms with Gasteiger partial charge in [0.1, 0.15) is 40.4 Å². The predicted molar refractivity (Wildman–Crippen MR) is 408 cm³/mol. The highest BCUT2D eigenvalue weighted by Gasteiger charge is 2.39. The van der Waals surface area contributed by atoms with Gasteiger partial charge < -0.3 is 68.5 Å². The number of nitrogens with two attached hydrogens (primary N) is 1. The van der Waals surface area contributed by atoms with Gasteiger partial charge in [0.15, 0.2) is 19.8 Å². The predicted octanol–water partition coefficient (Wildman–Crippen LogP) is 14.7. The first-order chi connectivity index (χ1) is 57.8. The number of methoxy groups -OCH3 is 8. The molecular weight excluding hydrogens is 1490 g/mol. The summed E-state index contributed by atoms with van der Waals surface area (Å²) in [5, 5.41) is 17.1. The van der Waals surface area contributed by atoms with E-state index < -0.39 is 89.4 Å². The first kappa shape index (κ1) is 70.3. The van der Waals surface area contributed by atoms with Gasteiger partial charge in [0, 0.05) is 108 Å². The first-order valence-electron chi connectivity index (χ1n) is 38.0. The third-order valence-corrected chi connectivity index (χ3v) is 17.1. The Morgan fingerprint density at radius 3 is 1.15 bits per heavy atom. The largest absolute Gasteiger partial charge is 0.497 e. The van der Waals surface area contributed by atoms with E-state index in [-0.39, 0.29) is 89.0 Å². The molecule has 0 saturated carbocycles. The Bertz CT molecular complexity index is 5330. The molecule has 0 bridgehead atoms. The number of halogens is 6. The summed E-state index contributed by atoms with van der Waals surface area (Å²) in [5.74, 6) is 0.485. The average Bonchev–Trinajstić information content (AvgIpc) is 1.15. The van der Waals surface area contributed by atoms with Crippen LogP contribution >= 0.6 is 0 Å². The number of imidazole rings is 1. The van der Waals surface area contributed by atoms with Crippen LogP contribution in [0.1, 0.15) is 29.0 Å². The van der Waals surface area contributed by atoms with Crippen LogP contribution in [0.4, 0.5) is 115 Å². The fourth-order valence-corrected chi connectivity index (χ4v) is 11.6. The highest BCUT2D eigenvalue weighted by atomic mass is 19.3. The molecule has 3 aliphatic heterocycles. The van der Waals surface area contributed by atoms with Crippen LogP contribution in [0.5, 0.6) is 40.9 Å². The van der Waals surface area contributed by atoms with Crippen LogP contribution < -0.4 is 78.9 Å². The average molecular weight is 1580 g/mol. The third kappa shape index (κ3) is 18.8. The minimum Gasteiger partial charge on any atom is -0.497 e. The molecule has 0 radical (unpaired) electrons. The van der Waals surface area contributed by atoms with Gasteiger partial charge in [-0.05, 0) is 140 Å². The number of benzene rings is 6. The number of alkyl halides is 6. The number of hydrogen-bond donors (Lipinski definition) is 3. The number of fused-ring (bicyclic) bond motifs is 4. The van der Waals surface area contributed by atoms with Gasteiger partial charge in [-0.2, -0.15) is 19.9 Å². The lowest BCUT2D eigenvalue weighted by Gasteiger charge is -2.36. The Morgan fingerprint density at radius 1 is 0.478 bits per heavy atom. The minimum atomic E-state index is -2.73. The number of aromatic nitrogens is 5. The monoisotopic (exact) mass is 1580 g/mol. The fourth-order valence-electron chi connectivity index (χ4n) is 11.6. The molecule has 0 unspecified atom stereocenters. The summed E-state index contributed by atoms with van der Waals surface area (Å²) in [6, 6.07) is 40.0. The quantitative estimate of drug-likeness (QED) is 0.0149. The van der Waals surface area contributed by atoms with E-state index in [1.165, 1.54) is 181 Å². The lowest BCUT2D eigenvalue weighted by molar-refractivity contribution is -0.472. The number of aryl methyl sites for hydroxylation is 1. The van der Waals surface area contributed by atoms with Crippen molar-refractivity contribution in [3.05, 3.63) is 191 Å². The number of hydrogen-bond acceptors (Lipinski definition) is 23. The van der Waals surface area contributed by atoms with Crippen molar-refractivity contribution < 1.29 is 110 Å². The Balaban J connectivity index is 0.000000182. The normalized spacial score (nSPS) is 14.6. The maximum absolute atomic E-state index is 13.9. The maximum atomic E-state index is 13.9. The second kappa shape index (κ2) is 37.1. The molecule has 4 N–H and O–H groups in total. The Morgan fingerprint density at radius 2 is 0.823 bits per heavy atom. The number of pyridine rings is 3. The van der Waals surface area contributed by atoms with E-state index >= 15 is 0 Å². The number of ether oxygens (including phenoxy) is 11.